The number of aromatic nitrogens is 1. The molecule has 1 aliphatic rings. The number of hydrogen-bond donors (Lipinski definition) is 2. The van der Waals surface area contributed by atoms with Crippen molar-refractivity contribution in [2.75, 3.05) is 26.5 Å². The second kappa shape index (κ2) is 10.4. The molecule has 28 heavy (non-hydrogen) atoms. The van der Waals surface area contributed by atoms with Crippen LogP contribution in [0.25, 0.3) is 0 Å². The van der Waals surface area contributed by atoms with E-state index in [1.54, 1.807) is 0 Å². The van der Waals surface area contributed by atoms with Crippen LogP contribution in [0.1, 0.15) is 31.4 Å². The number of benzene rings is 1. The zero-order chi connectivity index (χ0) is 19.6. The number of aliphatic imine (C=N–C) groups is 1. The van der Waals surface area contributed by atoms with Crippen LogP contribution in [0.3, 0.4) is 0 Å². The smallest absolute Gasteiger partial charge is 0.231 e. The van der Waals surface area contributed by atoms with E-state index in [0.29, 0.717) is 25.8 Å². The molecule has 0 radical (unpaired) electrons. The lowest BCUT2D eigenvalue weighted by atomic mass is 10.1. The molecule has 0 unspecified atom stereocenters. The molecule has 2 aromatic rings. The minimum absolute atomic E-state index is 0.300. The molecule has 7 nitrogen and oxygen atoms in total. The fraction of sp³-hybridized carbons (Fsp3) is 0.429. The molecule has 2 heterocycles. The number of nitrogens with one attached hydrogen (secondary N) is 2. The molecule has 1 aromatic heterocycles. The average Bonchev–Trinajstić information content (AvgIpc) is 3.19. The summed E-state index contributed by atoms with van der Waals surface area (Å²) in [6.45, 7) is 7.24. The van der Waals surface area contributed by atoms with Gasteiger partial charge in [0.15, 0.2) is 17.5 Å². The molecule has 0 bridgehead atoms. The molecule has 0 fully saturated rings. The summed E-state index contributed by atoms with van der Waals surface area (Å²) in [5, 5.41) is 6.64. The molecule has 3 rings (SSSR count). The van der Waals surface area contributed by atoms with Crippen molar-refractivity contribution < 1.29 is 14.2 Å². The lowest BCUT2D eigenvalue weighted by Crippen LogP contribution is -2.38. The number of ether oxygens (including phenoxy) is 3. The summed E-state index contributed by atoms with van der Waals surface area (Å²) in [4.78, 5) is 8.95. The van der Waals surface area contributed by atoms with Gasteiger partial charge < -0.3 is 24.8 Å². The highest BCUT2D eigenvalue weighted by Crippen LogP contribution is 2.32. The number of rotatable bonds is 9. The predicted octanol–water partition coefficient (Wildman–Crippen LogP) is 2.90. The lowest BCUT2D eigenvalue weighted by molar-refractivity contribution is 0.174. The van der Waals surface area contributed by atoms with E-state index in [4.69, 9.17) is 14.2 Å². The Balaban J connectivity index is 1.49. The van der Waals surface area contributed by atoms with Gasteiger partial charge in [-0.15, -0.1) is 0 Å². The standard InChI is InChI=1S/C21H28N4O3/c1-3-11-26-20-8-6-17(13-24-20)14-25-21(22-4-2)23-10-9-16-5-7-18-19(12-16)28-15-27-18/h5-8,12-13H,3-4,9-11,14-15H2,1-2H3,(H2,22,23,25). The van der Waals surface area contributed by atoms with Crippen molar-refractivity contribution in [1.29, 1.82) is 0 Å². The van der Waals surface area contributed by atoms with Crippen LogP contribution in [0.5, 0.6) is 17.4 Å². The quantitative estimate of drug-likeness (QED) is 0.511. The van der Waals surface area contributed by atoms with Gasteiger partial charge >= 0.3 is 0 Å². The van der Waals surface area contributed by atoms with Crippen molar-refractivity contribution >= 4 is 5.96 Å². The number of hydrogen-bond acceptors (Lipinski definition) is 5. The topological polar surface area (TPSA) is 77.0 Å². The second-order valence-corrected chi connectivity index (χ2v) is 6.41. The minimum Gasteiger partial charge on any atom is -0.478 e. The molecule has 0 amide bonds. The highest BCUT2D eigenvalue weighted by Gasteiger charge is 2.12. The third kappa shape index (κ3) is 5.77. The third-order valence-corrected chi connectivity index (χ3v) is 4.16. The lowest BCUT2D eigenvalue weighted by Gasteiger charge is -2.11. The highest BCUT2D eigenvalue weighted by molar-refractivity contribution is 5.79. The molecule has 0 saturated carbocycles. The van der Waals surface area contributed by atoms with Crippen molar-refractivity contribution in [2.45, 2.75) is 33.2 Å². The van der Waals surface area contributed by atoms with Crippen molar-refractivity contribution in [2.24, 2.45) is 4.99 Å². The minimum atomic E-state index is 0.300. The van der Waals surface area contributed by atoms with Gasteiger partial charge in [-0.25, -0.2) is 9.98 Å². The number of guanidine groups is 1. The van der Waals surface area contributed by atoms with Gasteiger partial charge in [0, 0.05) is 25.4 Å². The molecule has 0 atom stereocenters. The Kier molecular flexibility index (Phi) is 7.35. The molecule has 7 heteroatoms. The maximum absolute atomic E-state index is 5.51. The first kappa shape index (κ1) is 19.8. The SMILES string of the molecule is CCCOc1ccc(CN=C(NCC)NCCc2ccc3c(c2)OCO3)cn1. The van der Waals surface area contributed by atoms with E-state index >= 15 is 0 Å². The van der Waals surface area contributed by atoms with Gasteiger partial charge in [0.2, 0.25) is 12.7 Å². The molecule has 0 saturated heterocycles. The van der Waals surface area contributed by atoms with Crippen LogP contribution in [-0.4, -0.2) is 37.4 Å². The number of fused-ring (bicyclic) bond motifs is 1. The van der Waals surface area contributed by atoms with Crippen LogP contribution in [0.4, 0.5) is 0 Å². The van der Waals surface area contributed by atoms with E-state index in [9.17, 15) is 0 Å². The predicted molar refractivity (Wildman–Crippen MR) is 109 cm³/mol. The van der Waals surface area contributed by atoms with E-state index in [1.165, 1.54) is 5.56 Å². The van der Waals surface area contributed by atoms with Gasteiger partial charge in [-0.3, -0.25) is 0 Å². The largest absolute Gasteiger partial charge is 0.478 e. The number of pyridine rings is 1. The Hall–Kier alpha value is -2.96. The van der Waals surface area contributed by atoms with Gasteiger partial charge in [-0.1, -0.05) is 19.1 Å². The molecular formula is C21H28N4O3. The number of nitrogens with zero attached hydrogens (tertiary/aromatic N) is 2. The molecule has 1 aliphatic heterocycles. The first-order valence-electron chi connectivity index (χ1n) is 9.77. The van der Waals surface area contributed by atoms with E-state index in [0.717, 1.165) is 49.0 Å². The Morgan fingerprint density at radius 1 is 1.11 bits per heavy atom. The maximum atomic E-state index is 5.51. The summed E-state index contributed by atoms with van der Waals surface area (Å²) in [7, 11) is 0. The Morgan fingerprint density at radius 2 is 1.96 bits per heavy atom. The summed E-state index contributed by atoms with van der Waals surface area (Å²) in [5.74, 6) is 3.07. The van der Waals surface area contributed by atoms with E-state index < -0.39 is 0 Å². The van der Waals surface area contributed by atoms with Crippen LogP contribution in [0.2, 0.25) is 0 Å². The van der Waals surface area contributed by atoms with E-state index in [2.05, 4.69) is 40.5 Å². The van der Waals surface area contributed by atoms with Gasteiger partial charge in [0.25, 0.3) is 0 Å². The van der Waals surface area contributed by atoms with Crippen LogP contribution in [0, 0.1) is 0 Å². The van der Waals surface area contributed by atoms with Crippen molar-refractivity contribution in [1.82, 2.24) is 15.6 Å². The monoisotopic (exact) mass is 384 g/mol. The zero-order valence-electron chi connectivity index (χ0n) is 16.5. The average molecular weight is 384 g/mol. The molecule has 150 valence electrons. The Labute approximate surface area is 166 Å². The van der Waals surface area contributed by atoms with Crippen LogP contribution < -0.4 is 24.8 Å². The Bertz CT molecular complexity index is 778. The van der Waals surface area contributed by atoms with Gasteiger partial charge in [0.05, 0.1) is 13.2 Å². The normalized spacial score (nSPS) is 12.7. The van der Waals surface area contributed by atoms with Gasteiger partial charge in [-0.2, -0.15) is 0 Å². The van der Waals surface area contributed by atoms with Crippen LogP contribution >= 0.6 is 0 Å². The molecule has 1 aromatic carbocycles. The van der Waals surface area contributed by atoms with E-state index in [-0.39, 0.29) is 0 Å². The first-order valence-corrected chi connectivity index (χ1v) is 9.77. The summed E-state index contributed by atoms with van der Waals surface area (Å²) >= 11 is 0. The summed E-state index contributed by atoms with van der Waals surface area (Å²) < 4.78 is 16.3. The van der Waals surface area contributed by atoms with Crippen LogP contribution in [-0.2, 0) is 13.0 Å². The zero-order valence-corrected chi connectivity index (χ0v) is 16.5. The van der Waals surface area contributed by atoms with Gasteiger partial charge in [0.1, 0.15) is 0 Å². The van der Waals surface area contributed by atoms with Crippen LogP contribution in [0.15, 0.2) is 41.5 Å². The van der Waals surface area contributed by atoms with Crippen molar-refractivity contribution in [3.8, 4) is 17.4 Å². The van der Waals surface area contributed by atoms with E-state index in [1.807, 2.05) is 30.5 Å². The third-order valence-electron chi connectivity index (χ3n) is 4.16. The van der Waals surface area contributed by atoms with Crippen molar-refractivity contribution in [3.05, 3.63) is 47.7 Å². The Morgan fingerprint density at radius 3 is 2.75 bits per heavy atom. The molecule has 2 N–H and O–H groups in total. The fourth-order valence-electron chi connectivity index (χ4n) is 2.73. The van der Waals surface area contributed by atoms with Gasteiger partial charge in [-0.05, 0) is 43.0 Å². The summed E-state index contributed by atoms with van der Waals surface area (Å²) in [5.41, 5.74) is 2.23. The second-order valence-electron chi connectivity index (χ2n) is 6.41. The molecule has 0 aliphatic carbocycles. The highest BCUT2D eigenvalue weighted by atomic mass is 16.7. The van der Waals surface area contributed by atoms with Crippen molar-refractivity contribution in [3.63, 3.8) is 0 Å². The first-order chi connectivity index (χ1) is 13.8. The maximum Gasteiger partial charge on any atom is 0.231 e. The summed E-state index contributed by atoms with van der Waals surface area (Å²) in [6, 6.07) is 9.94. The fourth-order valence-corrected chi connectivity index (χ4v) is 2.73. The summed E-state index contributed by atoms with van der Waals surface area (Å²) in [6.07, 6.45) is 3.65. The molecular weight excluding hydrogens is 356 g/mol. The molecule has 0 spiro atoms.